The second kappa shape index (κ2) is 6.63. The van der Waals surface area contributed by atoms with Crippen molar-refractivity contribution >= 4 is 17.2 Å². The van der Waals surface area contributed by atoms with Crippen molar-refractivity contribution in [3.05, 3.63) is 12.4 Å². The number of nitrogens with zero attached hydrogens (tertiary/aromatic N) is 1. The Morgan fingerprint density at radius 3 is 2.64 bits per heavy atom. The molecule has 0 N–H and O–H groups in total. The van der Waals surface area contributed by atoms with Gasteiger partial charge in [0.05, 0.1) is 0 Å². The molecule has 0 amide bonds. The maximum atomic E-state index is 12.1. The highest BCUT2D eigenvalue weighted by Gasteiger charge is 2.08. The van der Waals surface area contributed by atoms with Crippen LogP contribution in [-0.4, -0.2) is 38.7 Å². The summed E-state index contributed by atoms with van der Waals surface area (Å²) in [5.74, 6) is -2.37. The van der Waals surface area contributed by atoms with E-state index < -0.39 is 23.1 Å². The zero-order valence-electron chi connectivity index (χ0n) is 7.69. The zero-order valence-corrected chi connectivity index (χ0v) is 8.51. The Hall–Kier alpha value is -0.790. The summed E-state index contributed by atoms with van der Waals surface area (Å²) in [4.78, 5) is 10.5. The van der Waals surface area contributed by atoms with Crippen LogP contribution in [0.5, 0.6) is 0 Å². The third kappa shape index (κ3) is 5.05. The van der Waals surface area contributed by atoms with E-state index in [1.165, 1.54) is 0 Å². The lowest BCUT2D eigenvalue weighted by molar-refractivity contribution is -0.140. The van der Waals surface area contributed by atoms with Crippen LogP contribution in [-0.2, 0) is 20.8 Å². The number of halogens is 1. The van der Waals surface area contributed by atoms with Crippen molar-refractivity contribution in [1.82, 2.24) is 4.31 Å². The number of likely N-dealkylation sites (N-methyl/N-ethyl adjacent to an activating group) is 1. The monoisotopic (exact) mass is 224 g/mol. The molecule has 0 spiro atoms. The first-order valence-corrected chi connectivity index (χ1v) is 4.88. The molecule has 0 radical (unpaired) electrons. The zero-order chi connectivity index (χ0) is 11.1. The summed E-state index contributed by atoms with van der Waals surface area (Å²) in [5, 5.41) is 0. The van der Waals surface area contributed by atoms with Crippen molar-refractivity contribution < 1.29 is 22.7 Å². The van der Waals surface area contributed by atoms with E-state index in [2.05, 4.69) is 11.3 Å². The van der Waals surface area contributed by atoms with Gasteiger partial charge in [-0.3, -0.25) is 4.21 Å². The van der Waals surface area contributed by atoms with Gasteiger partial charge in [0.2, 0.25) is 5.83 Å². The van der Waals surface area contributed by atoms with Crippen LogP contribution >= 0.6 is 0 Å². The lowest BCUT2D eigenvalue weighted by atomic mass is 10.6. The van der Waals surface area contributed by atoms with E-state index in [1.54, 1.807) is 6.92 Å². The number of hydrogen-bond donors (Lipinski definition) is 0. The number of hydrogen-bond acceptors (Lipinski definition) is 4. The van der Waals surface area contributed by atoms with Gasteiger partial charge < -0.3 is 9.29 Å². The normalized spacial score (nSPS) is 12.6. The van der Waals surface area contributed by atoms with Gasteiger partial charge >= 0.3 is 5.97 Å². The molecular formula is C7H11FNO4S-. The maximum Gasteiger partial charge on any atom is 0.366 e. The molecule has 7 heteroatoms. The summed E-state index contributed by atoms with van der Waals surface area (Å²) in [6.07, 6.45) is 0. The first-order valence-electron chi connectivity index (χ1n) is 3.84. The van der Waals surface area contributed by atoms with Crippen LogP contribution in [0.4, 0.5) is 4.39 Å². The molecule has 0 bridgehead atoms. The standard InChI is InChI=1S/C7H12FNO4S/c1-3-9(14(11)12)4-5-13-7(10)6(2)8/h2-5H2,1H3,(H,11,12)/p-1. The smallest absolute Gasteiger partial charge is 0.366 e. The topological polar surface area (TPSA) is 69.7 Å². The number of ether oxygens (including phenoxy) is 1. The van der Waals surface area contributed by atoms with E-state index in [9.17, 15) is 17.9 Å². The molecule has 0 aliphatic heterocycles. The molecular weight excluding hydrogens is 213 g/mol. The molecule has 5 nitrogen and oxygen atoms in total. The van der Waals surface area contributed by atoms with Crippen molar-refractivity contribution in [2.45, 2.75) is 6.92 Å². The van der Waals surface area contributed by atoms with Crippen LogP contribution in [0, 0.1) is 0 Å². The predicted molar refractivity (Wildman–Crippen MR) is 47.4 cm³/mol. The Kier molecular flexibility index (Phi) is 6.26. The average Bonchev–Trinajstić information content (AvgIpc) is 2.11. The Balaban J connectivity index is 3.77. The summed E-state index contributed by atoms with van der Waals surface area (Å²) in [6, 6.07) is 0. The van der Waals surface area contributed by atoms with E-state index in [0.29, 0.717) is 0 Å². The van der Waals surface area contributed by atoms with Crippen molar-refractivity contribution in [2.24, 2.45) is 0 Å². The largest absolute Gasteiger partial charge is 0.760 e. The predicted octanol–water partition coefficient (Wildman–Crippen LogP) is 0.129. The first-order chi connectivity index (χ1) is 6.49. The molecule has 14 heavy (non-hydrogen) atoms. The van der Waals surface area contributed by atoms with E-state index in [4.69, 9.17) is 0 Å². The molecule has 0 aliphatic rings. The fourth-order valence-electron chi connectivity index (χ4n) is 0.657. The number of carbonyl (C=O) groups is 1. The lowest BCUT2D eigenvalue weighted by Gasteiger charge is -2.21. The SMILES string of the molecule is C=C(F)C(=O)OCCN(CC)S(=O)[O-]. The fraction of sp³-hybridized carbons (Fsp3) is 0.571. The van der Waals surface area contributed by atoms with Crippen molar-refractivity contribution in [3.8, 4) is 0 Å². The molecule has 0 aromatic rings. The number of esters is 1. The van der Waals surface area contributed by atoms with Gasteiger partial charge in [0.15, 0.2) is 0 Å². The third-order valence-corrected chi connectivity index (χ3v) is 2.22. The molecule has 0 saturated heterocycles. The summed E-state index contributed by atoms with van der Waals surface area (Å²) in [5.41, 5.74) is 0. The van der Waals surface area contributed by atoms with E-state index in [0.717, 1.165) is 4.31 Å². The Labute approximate surface area is 84.0 Å². The quantitative estimate of drug-likeness (QED) is 0.365. The minimum atomic E-state index is -2.35. The highest BCUT2D eigenvalue weighted by atomic mass is 32.2. The van der Waals surface area contributed by atoms with Gasteiger partial charge in [-0.1, -0.05) is 13.5 Å². The molecule has 0 fully saturated rings. The molecule has 1 atom stereocenters. The molecule has 0 saturated carbocycles. The second-order valence-electron chi connectivity index (χ2n) is 2.28. The molecule has 1 unspecified atom stereocenters. The van der Waals surface area contributed by atoms with Crippen molar-refractivity contribution in [2.75, 3.05) is 19.7 Å². The molecule has 0 aromatic carbocycles. The van der Waals surface area contributed by atoms with Crippen LogP contribution in [0.1, 0.15) is 6.92 Å². The Bertz CT molecular complexity index is 246. The van der Waals surface area contributed by atoms with Gasteiger partial charge in [-0.05, 0) is 0 Å². The highest BCUT2D eigenvalue weighted by molar-refractivity contribution is 7.76. The molecule has 82 valence electrons. The van der Waals surface area contributed by atoms with Gasteiger partial charge in [-0.25, -0.2) is 9.10 Å². The highest BCUT2D eigenvalue weighted by Crippen LogP contribution is 1.96. The number of rotatable bonds is 6. The minimum absolute atomic E-state index is 0.00559. The van der Waals surface area contributed by atoms with Gasteiger partial charge in [0.25, 0.3) is 0 Å². The molecule has 0 aliphatic carbocycles. The van der Waals surface area contributed by atoms with E-state index in [-0.39, 0.29) is 19.7 Å². The molecule has 0 aromatic heterocycles. The lowest BCUT2D eigenvalue weighted by Crippen LogP contribution is -2.29. The summed E-state index contributed by atoms with van der Waals surface area (Å²) >= 11 is -2.35. The summed E-state index contributed by atoms with van der Waals surface area (Å²) in [6.45, 7) is 4.45. The van der Waals surface area contributed by atoms with Gasteiger partial charge in [-0.15, -0.1) is 0 Å². The van der Waals surface area contributed by atoms with E-state index >= 15 is 0 Å². The Morgan fingerprint density at radius 1 is 1.71 bits per heavy atom. The number of carbonyl (C=O) groups excluding carboxylic acids is 1. The Morgan fingerprint density at radius 2 is 2.29 bits per heavy atom. The molecule has 0 heterocycles. The van der Waals surface area contributed by atoms with Crippen LogP contribution < -0.4 is 0 Å². The van der Waals surface area contributed by atoms with Crippen LogP contribution in [0.15, 0.2) is 12.4 Å². The average molecular weight is 224 g/mol. The maximum absolute atomic E-state index is 12.1. The van der Waals surface area contributed by atoms with E-state index in [1.807, 2.05) is 0 Å². The molecule has 0 rings (SSSR count). The van der Waals surface area contributed by atoms with Gasteiger partial charge in [0.1, 0.15) is 6.61 Å². The van der Waals surface area contributed by atoms with Crippen LogP contribution in [0.25, 0.3) is 0 Å². The first kappa shape index (κ1) is 13.2. The van der Waals surface area contributed by atoms with Gasteiger partial charge in [0, 0.05) is 24.4 Å². The minimum Gasteiger partial charge on any atom is -0.760 e. The van der Waals surface area contributed by atoms with Gasteiger partial charge in [-0.2, -0.15) is 4.39 Å². The summed E-state index contributed by atoms with van der Waals surface area (Å²) in [7, 11) is 0. The van der Waals surface area contributed by atoms with Crippen molar-refractivity contribution in [1.29, 1.82) is 0 Å². The van der Waals surface area contributed by atoms with Crippen LogP contribution in [0.3, 0.4) is 0 Å². The third-order valence-electron chi connectivity index (χ3n) is 1.36. The van der Waals surface area contributed by atoms with Crippen molar-refractivity contribution in [3.63, 3.8) is 0 Å². The summed E-state index contributed by atoms with van der Waals surface area (Å²) < 4.78 is 38.3. The fourth-order valence-corrected chi connectivity index (χ4v) is 1.09. The van der Waals surface area contributed by atoms with Crippen LogP contribution in [0.2, 0.25) is 0 Å². The second-order valence-corrected chi connectivity index (χ2v) is 3.23.